The van der Waals surface area contributed by atoms with Gasteiger partial charge < -0.3 is 14.1 Å². The van der Waals surface area contributed by atoms with E-state index in [4.69, 9.17) is 14.1 Å². The molecule has 6 nitrogen and oxygen atoms in total. The molecule has 27 heavy (non-hydrogen) atoms. The van der Waals surface area contributed by atoms with Crippen LogP contribution in [0.3, 0.4) is 0 Å². The Morgan fingerprint density at radius 3 is 2.96 bits per heavy atom. The summed E-state index contributed by atoms with van der Waals surface area (Å²) in [7, 11) is 0. The molecule has 0 bridgehead atoms. The summed E-state index contributed by atoms with van der Waals surface area (Å²) in [4.78, 5) is 25.5. The van der Waals surface area contributed by atoms with E-state index in [0.29, 0.717) is 17.3 Å². The Hall–Kier alpha value is -2.41. The highest BCUT2D eigenvalue weighted by atomic mass is 32.1. The third-order valence-corrected chi connectivity index (χ3v) is 6.16. The first-order chi connectivity index (χ1) is 13.1. The van der Waals surface area contributed by atoms with E-state index in [9.17, 15) is 4.79 Å². The number of furan rings is 1. The molecule has 1 saturated heterocycles. The van der Waals surface area contributed by atoms with Crippen LogP contribution in [-0.2, 0) is 4.74 Å². The lowest BCUT2D eigenvalue weighted by atomic mass is 9.99. The van der Waals surface area contributed by atoms with Crippen LogP contribution in [0, 0.1) is 13.8 Å². The molecule has 0 aliphatic carbocycles. The van der Waals surface area contributed by atoms with Crippen molar-refractivity contribution in [2.24, 2.45) is 0 Å². The summed E-state index contributed by atoms with van der Waals surface area (Å²) in [5.41, 5.74) is 0.896. The van der Waals surface area contributed by atoms with Crippen molar-refractivity contribution in [2.45, 2.75) is 46.1 Å². The van der Waals surface area contributed by atoms with E-state index >= 15 is 0 Å². The number of aryl methyl sites for hydroxylation is 2. The van der Waals surface area contributed by atoms with Gasteiger partial charge in [-0.3, -0.25) is 0 Å². The lowest BCUT2D eigenvalue weighted by Gasteiger charge is -2.36. The fraction of sp³-hybridized carbons (Fsp3) is 0.450. The van der Waals surface area contributed by atoms with E-state index < -0.39 is 0 Å². The molecule has 0 unspecified atom stereocenters. The maximum atomic E-state index is 12.4. The lowest BCUT2D eigenvalue weighted by molar-refractivity contribution is 0.0531. The summed E-state index contributed by atoms with van der Waals surface area (Å²) >= 11 is 1.39. The zero-order chi connectivity index (χ0) is 19.0. The van der Waals surface area contributed by atoms with E-state index in [-0.39, 0.29) is 12.0 Å². The number of thiophene rings is 1. The number of nitrogens with zero attached hydrogens (tertiary/aromatic N) is 3. The monoisotopic (exact) mass is 385 g/mol. The Morgan fingerprint density at radius 1 is 1.37 bits per heavy atom. The van der Waals surface area contributed by atoms with Crippen molar-refractivity contribution in [3.05, 3.63) is 40.4 Å². The molecular weight excluding hydrogens is 362 g/mol. The van der Waals surface area contributed by atoms with Crippen LogP contribution in [0.2, 0.25) is 0 Å². The molecule has 0 N–H and O–H groups in total. The number of esters is 1. The topological polar surface area (TPSA) is 68.5 Å². The molecule has 1 fully saturated rings. The number of hydrogen-bond acceptors (Lipinski definition) is 7. The smallest absolute Gasteiger partial charge is 0.348 e. The Morgan fingerprint density at radius 2 is 2.22 bits per heavy atom. The predicted octanol–water partition coefficient (Wildman–Crippen LogP) is 4.81. The average molecular weight is 385 g/mol. The zero-order valence-corrected chi connectivity index (χ0v) is 16.6. The largest absolute Gasteiger partial charge is 0.467 e. The van der Waals surface area contributed by atoms with Crippen LogP contribution >= 0.6 is 11.3 Å². The number of rotatable bonds is 4. The Bertz CT molecular complexity index is 965. The van der Waals surface area contributed by atoms with Crippen molar-refractivity contribution in [2.75, 3.05) is 18.1 Å². The molecule has 3 aromatic heterocycles. The second-order valence-corrected chi connectivity index (χ2v) is 7.77. The van der Waals surface area contributed by atoms with E-state index in [1.54, 1.807) is 6.26 Å². The number of piperidine rings is 1. The fourth-order valence-corrected chi connectivity index (χ4v) is 4.90. The van der Waals surface area contributed by atoms with E-state index in [1.807, 2.05) is 32.9 Å². The minimum Gasteiger partial charge on any atom is -0.467 e. The lowest BCUT2D eigenvalue weighted by Crippen LogP contribution is -2.34. The van der Waals surface area contributed by atoms with Crippen LogP contribution in [0.15, 0.2) is 22.8 Å². The Labute approximate surface area is 162 Å². The number of carbonyl (C=O) groups is 1. The maximum Gasteiger partial charge on any atom is 0.348 e. The van der Waals surface area contributed by atoms with Gasteiger partial charge in [-0.15, -0.1) is 11.3 Å². The number of carbonyl (C=O) groups excluding carboxylic acids is 1. The van der Waals surface area contributed by atoms with Gasteiger partial charge in [0.2, 0.25) is 0 Å². The highest BCUT2D eigenvalue weighted by Crippen LogP contribution is 2.41. The van der Waals surface area contributed by atoms with E-state index in [1.165, 1.54) is 11.3 Å². The number of anilines is 1. The molecule has 0 radical (unpaired) electrons. The molecule has 0 saturated carbocycles. The van der Waals surface area contributed by atoms with Gasteiger partial charge in [-0.05, 0) is 57.7 Å². The molecule has 7 heteroatoms. The standard InChI is InChI=1S/C20H23N3O3S/c1-4-25-20(24)17-12(2)16-18(21-13(3)22-19(16)27-17)23-10-6-5-8-14(23)15-9-7-11-26-15/h7,9,11,14H,4-6,8,10H2,1-3H3/t14-/m1/s1. The average Bonchev–Trinajstić information content (AvgIpc) is 3.30. The van der Waals surface area contributed by atoms with Gasteiger partial charge in [-0.2, -0.15) is 0 Å². The van der Waals surface area contributed by atoms with Crippen LogP contribution in [0.5, 0.6) is 0 Å². The third-order valence-electron chi connectivity index (χ3n) is 4.99. The Kier molecular flexibility index (Phi) is 4.86. The van der Waals surface area contributed by atoms with Gasteiger partial charge in [0, 0.05) is 6.54 Å². The second-order valence-electron chi connectivity index (χ2n) is 6.77. The molecular formula is C20H23N3O3S. The van der Waals surface area contributed by atoms with Gasteiger partial charge in [-0.25, -0.2) is 14.8 Å². The highest BCUT2D eigenvalue weighted by molar-refractivity contribution is 7.20. The van der Waals surface area contributed by atoms with Crippen LogP contribution in [0.4, 0.5) is 5.82 Å². The van der Waals surface area contributed by atoms with Gasteiger partial charge in [0.15, 0.2) is 0 Å². The number of hydrogen-bond donors (Lipinski definition) is 0. The van der Waals surface area contributed by atoms with E-state index in [0.717, 1.165) is 53.2 Å². The zero-order valence-electron chi connectivity index (χ0n) is 15.8. The predicted molar refractivity (Wildman–Crippen MR) is 105 cm³/mol. The van der Waals surface area contributed by atoms with Gasteiger partial charge in [0.05, 0.1) is 24.3 Å². The van der Waals surface area contributed by atoms with Crippen molar-refractivity contribution in [3.8, 4) is 0 Å². The summed E-state index contributed by atoms with van der Waals surface area (Å²) in [5, 5.41) is 0.951. The van der Waals surface area contributed by atoms with Crippen LogP contribution in [-0.4, -0.2) is 29.1 Å². The first-order valence-corrected chi connectivity index (χ1v) is 10.2. The summed E-state index contributed by atoms with van der Waals surface area (Å²) in [6.45, 7) is 6.93. The van der Waals surface area contributed by atoms with Crippen LogP contribution in [0.25, 0.3) is 10.2 Å². The molecule has 142 valence electrons. The minimum atomic E-state index is -0.289. The first kappa shape index (κ1) is 18.0. The molecule has 1 aliphatic rings. The van der Waals surface area contributed by atoms with Crippen molar-refractivity contribution >= 4 is 33.3 Å². The summed E-state index contributed by atoms with van der Waals surface area (Å²) in [6, 6.07) is 4.10. The molecule has 1 aliphatic heterocycles. The molecule has 1 atom stereocenters. The molecule has 0 amide bonds. The number of ether oxygens (including phenoxy) is 1. The van der Waals surface area contributed by atoms with Gasteiger partial charge >= 0.3 is 5.97 Å². The van der Waals surface area contributed by atoms with Crippen molar-refractivity contribution in [1.82, 2.24) is 9.97 Å². The second kappa shape index (κ2) is 7.31. The van der Waals surface area contributed by atoms with Crippen LogP contribution < -0.4 is 4.90 Å². The SMILES string of the molecule is CCOC(=O)c1sc2nc(C)nc(N3CCCC[C@@H]3c3ccco3)c2c1C. The quantitative estimate of drug-likeness (QED) is 0.600. The third kappa shape index (κ3) is 3.20. The minimum absolute atomic E-state index is 0.150. The van der Waals surface area contributed by atoms with Crippen molar-refractivity contribution in [1.29, 1.82) is 0 Å². The Balaban J connectivity index is 1.86. The van der Waals surface area contributed by atoms with Gasteiger partial charge in [0.25, 0.3) is 0 Å². The first-order valence-electron chi connectivity index (χ1n) is 9.35. The van der Waals surface area contributed by atoms with Crippen LogP contribution in [0.1, 0.15) is 59.0 Å². The fourth-order valence-electron chi connectivity index (χ4n) is 3.78. The number of fused-ring (bicyclic) bond motifs is 1. The molecule has 4 heterocycles. The maximum absolute atomic E-state index is 12.4. The van der Waals surface area contributed by atoms with Crippen molar-refractivity contribution < 1.29 is 13.9 Å². The van der Waals surface area contributed by atoms with Gasteiger partial charge in [-0.1, -0.05) is 0 Å². The molecule has 0 aromatic carbocycles. The summed E-state index contributed by atoms with van der Waals surface area (Å²) in [6.07, 6.45) is 5.01. The van der Waals surface area contributed by atoms with E-state index in [2.05, 4.69) is 9.88 Å². The summed E-state index contributed by atoms with van der Waals surface area (Å²) in [5.74, 6) is 2.27. The number of aromatic nitrogens is 2. The van der Waals surface area contributed by atoms with Crippen molar-refractivity contribution in [3.63, 3.8) is 0 Å². The highest BCUT2D eigenvalue weighted by Gasteiger charge is 2.31. The molecule has 0 spiro atoms. The molecule has 4 rings (SSSR count). The normalized spacial score (nSPS) is 17.4. The summed E-state index contributed by atoms with van der Waals surface area (Å²) < 4.78 is 10.9. The van der Waals surface area contributed by atoms with Gasteiger partial charge in [0.1, 0.15) is 27.1 Å². The molecule has 3 aromatic rings.